The van der Waals surface area contributed by atoms with E-state index in [0.29, 0.717) is 31.6 Å². The Morgan fingerprint density at radius 2 is 2.05 bits per heavy atom. The van der Waals surface area contributed by atoms with Gasteiger partial charge in [0.2, 0.25) is 10.0 Å². The summed E-state index contributed by atoms with van der Waals surface area (Å²) in [5, 5.41) is 10.3. The normalized spacial score (nSPS) is 18.4. The molecule has 1 aliphatic rings. The van der Waals surface area contributed by atoms with Gasteiger partial charge in [0.05, 0.1) is 10.5 Å². The van der Waals surface area contributed by atoms with Crippen LogP contribution in [0.25, 0.3) is 0 Å². The van der Waals surface area contributed by atoms with Crippen molar-refractivity contribution in [1.29, 1.82) is 0 Å². The maximum Gasteiger partial charge on any atom is 0.240 e. The molecule has 7 heteroatoms. The molecular formula is C14H19NO5S. The number of aliphatic hydroxyl groups is 1. The molecule has 1 aromatic carbocycles. The minimum Gasteiger partial charge on any atom is -0.388 e. The standard InChI is InChI=1S/C14H19NO5S/c1-11(16)12-3-2-4-13(9-12)21(18,19)15-10-14(17)5-7-20-8-6-14/h2-4,9,15,17H,5-8,10H2,1H3. The largest absolute Gasteiger partial charge is 0.388 e. The summed E-state index contributed by atoms with van der Waals surface area (Å²) in [4.78, 5) is 11.3. The van der Waals surface area contributed by atoms with Crippen molar-refractivity contribution in [3.63, 3.8) is 0 Å². The minimum atomic E-state index is -3.76. The molecule has 1 heterocycles. The molecule has 21 heavy (non-hydrogen) atoms. The zero-order valence-electron chi connectivity index (χ0n) is 11.8. The Kier molecular flexibility index (Phi) is 4.77. The molecule has 1 fully saturated rings. The lowest BCUT2D eigenvalue weighted by molar-refractivity contribution is -0.0588. The van der Waals surface area contributed by atoms with Crippen molar-refractivity contribution in [2.75, 3.05) is 19.8 Å². The molecule has 0 unspecified atom stereocenters. The van der Waals surface area contributed by atoms with Gasteiger partial charge < -0.3 is 9.84 Å². The van der Waals surface area contributed by atoms with E-state index in [4.69, 9.17) is 4.74 Å². The van der Waals surface area contributed by atoms with Gasteiger partial charge in [0.1, 0.15) is 0 Å². The Bertz CT molecular complexity index is 620. The highest BCUT2D eigenvalue weighted by atomic mass is 32.2. The predicted molar refractivity (Wildman–Crippen MR) is 76.6 cm³/mol. The molecule has 0 amide bonds. The fraction of sp³-hybridized carbons (Fsp3) is 0.500. The van der Waals surface area contributed by atoms with Crippen molar-refractivity contribution in [2.45, 2.75) is 30.3 Å². The maximum absolute atomic E-state index is 12.2. The van der Waals surface area contributed by atoms with Crippen LogP contribution in [0.2, 0.25) is 0 Å². The number of carbonyl (C=O) groups excluding carboxylic acids is 1. The Morgan fingerprint density at radius 3 is 2.67 bits per heavy atom. The van der Waals surface area contributed by atoms with E-state index in [1.54, 1.807) is 6.07 Å². The van der Waals surface area contributed by atoms with Gasteiger partial charge in [-0.1, -0.05) is 12.1 Å². The maximum atomic E-state index is 12.2. The summed E-state index contributed by atoms with van der Waals surface area (Å²) in [5.74, 6) is -0.199. The minimum absolute atomic E-state index is 0.0193. The SMILES string of the molecule is CC(=O)c1cccc(S(=O)(=O)NCC2(O)CCOCC2)c1. The second-order valence-corrected chi connectivity index (χ2v) is 7.01. The van der Waals surface area contributed by atoms with Crippen LogP contribution >= 0.6 is 0 Å². The van der Waals surface area contributed by atoms with Crippen molar-refractivity contribution < 1.29 is 23.1 Å². The molecule has 6 nitrogen and oxygen atoms in total. The van der Waals surface area contributed by atoms with Crippen molar-refractivity contribution in [3.05, 3.63) is 29.8 Å². The summed E-state index contributed by atoms with van der Waals surface area (Å²) in [7, 11) is -3.76. The molecular weight excluding hydrogens is 294 g/mol. The van der Waals surface area contributed by atoms with Crippen LogP contribution in [0.1, 0.15) is 30.1 Å². The van der Waals surface area contributed by atoms with Crippen LogP contribution in [0.5, 0.6) is 0 Å². The highest BCUT2D eigenvalue weighted by molar-refractivity contribution is 7.89. The zero-order chi connectivity index (χ0) is 15.5. The first-order valence-corrected chi connectivity index (χ1v) is 8.22. The number of carbonyl (C=O) groups is 1. The molecule has 0 atom stereocenters. The molecule has 2 N–H and O–H groups in total. The summed E-state index contributed by atoms with van der Waals surface area (Å²) in [6, 6.07) is 5.84. The van der Waals surface area contributed by atoms with Gasteiger partial charge >= 0.3 is 0 Å². The fourth-order valence-electron chi connectivity index (χ4n) is 2.12. The van der Waals surface area contributed by atoms with E-state index in [1.807, 2.05) is 0 Å². The molecule has 1 aliphatic heterocycles. The molecule has 0 bridgehead atoms. The van der Waals surface area contributed by atoms with Gasteiger partial charge in [0.15, 0.2) is 5.78 Å². The summed E-state index contributed by atoms with van der Waals surface area (Å²) < 4.78 is 32.0. The number of rotatable bonds is 5. The van der Waals surface area contributed by atoms with Gasteiger partial charge in [-0.05, 0) is 19.1 Å². The van der Waals surface area contributed by atoms with Gasteiger partial charge in [-0.25, -0.2) is 13.1 Å². The van der Waals surface area contributed by atoms with E-state index in [-0.39, 0.29) is 17.2 Å². The van der Waals surface area contributed by atoms with E-state index in [1.165, 1.54) is 25.1 Å². The molecule has 0 aliphatic carbocycles. The number of nitrogens with one attached hydrogen (secondary N) is 1. The lowest BCUT2D eigenvalue weighted by Crippen LogP contribution is -2.46. The van der Waals surface area contributed by atoms with Crippen LogP contribution in [-0.4, -0.2) is 44.7 Å². The molecule has 0 radical (unpaired) electrons. The zero-order valence-corrected chi connectivity index (χ0v) is 12.6. The predicted octanol–water partition coefficient (Wildman–Crippen LogP) is 0.709. The third-order valence-corrected chi connectivity index (χ3v) is 4.96. The summed E-state index contributed by atoms with van der Waals surface area (Å²) in [6.07, 6.45) is 0.784. The molecule has 1 saturated heterocycles. The van der Waals surface area contributed by atoms with E-state index < -0.39 is 15.6 Å². The summed E-state index contributed by atoms with van der Waals surface area (Å²) in [6.45, 7) is 2.14. The van der Waals surface area contributed by atoms with Gasteiger partial charge in [-0.15, -0.1) is 0 Å². The Morgan fingerprint density at radius 1 is 1.38 bits per heavy atom. The molecule has 2 rings (SSSR count). The third-order valence-electron chi connectivity index (χ3n) is 3.57. The van der Waals surface area contributed by atoms with Crippen molar-refractivity contribution in [2.24, 2.45) is 0 Å². The lowest BCUT2D eigenvalue weighted by Gasteiger charge is -2.31. The number of ketones is 1. The number of Topliss-reactive ketones (excluding diaryl/α,β-unsaturated/α-hetero) is 1. The molecule has 116 valence electrons. The van der Waals surface area contributed by atoms with Gasteiger partial charge in [-0.2, -0.15) is 0 Å². The first-order valence-electron chi connectivity index (χ1n) is 6.73. The third kappa shape index (κ3) is 4.10. The molecule has 0 saturated carbocycles. The van der Waals surface area contributed by atoms with E-state index in [0.717, 1.165) is 0 Å². The van der Waals surface area contributed by atoms with Crippen LogP contribution in [0, 0.1) is 0 Å². The fourth-order valence-corrected chi connectivity index (χ4v) is 3.29. The average Bonchev–Trinajstić information content (AvgIpc) is 2.46. The van der Waals surface area contributed by atoms with Gasteiger partial charge in [0, 0.05) is 38.2 Å². The van der Waals surface area contributed by atoms with Crippen LogP contribution in [0.4, 0.5) is 0 Å². The Labute approximate surface area is 124 Å². The number of sulfonamides is 1. The lowest BCUT2D eigenvalue weighted by atomic mass is 9.95. The second-order valence-electron chi connectivity index (χ2n) is 5.25. The topological polar surface area (TPSA) is 92.7 Å². The monoisotopic (exact) mass is 313 g/mol. The van der Waals surface area contributed by atoms with E-state index in [9.17, 15) is 18.3 Å². The highest BCUT2D eigenvalue weighted by Gasteiger charge is 2.31. The Balaban J connectivity index is 2.11. The highest BCUT2D eigenvalue weighted by Crippen LogP contribution is 2.20. The summed E-state index contributed by atoms with van der Waals surface area (Å²) >= 11 is 0. The Hall–Kier alpha value is -1.28. The van der Waals surface area contributed by atoms with Crippen LogP contribution in [0.15, 0.2) is 29.2 Å². The smallest absolute Gasteiger partial charge is 0.240 e. The van der Waals surface area contributed by atoms with Crippen molar-refractivity contribution in [1.82, 2.24) is 4.72 Å². The van der Waals surface area contributed by atoms with Crippen molar-refractivity contribution >= 4 is 15.8 Å². The van der Waals surface area contributed by atoms with Crippen LogP contribution < -0.4 is 4.72 Å². The number of ether oxygens (including phenoxy) is 1. The quantitative estimate of drug-likeness (QED) is 0.781. The van der Waals surface area contributed by atoms with Crippen LogP contribution in [0.3, 0.4) is 0 Å². The number of hydrogen-bond acceptors (Lipinski definition) is 5. The first kappa shape index (κ1) is 16.1. The van der Waals surface area contributed by atoms with Gasteiger partial charge in [0.25, 0.3) is 0 Å². The second kappa shape index (κ2) is 6.23. The molecule has 0 aromatic heterocycles. The van der Waals surface area contributed by atoms with E-state index >= 15 is 0 Å². The number of hydrogen-bond donors (Lipinski definition) is 2. The molecule has 0 spiro atoms. The van der Waals surface area contributed by atoms with E-state index in [2.05, 4.69) is 4.72 Å². The van der Waals surface area contributed by atoms with Crippen molar-refractivity contribution in [3.8, 4) is 0 Å². The molecule has 1 aromatic rings. The van der Waals surface area contributed by atoms with Crippen LogP contribution in [-0.2, 0) is 14.8 Å². The average molecular weight is 313 g/mol. The summed E-state index contributed by atoms with van der Waals surface area (Å²) in [5.41, 5.74) is -0.744. The van der Waals surface area contributed by atoms with Gasteiger partial charge in [-0.3, -0.25) is 4.79 Å². The first-order chi connectivity index (χ1) is 9.82. The number of benzene rings is 1.